The lowest BCUT2D eigenvalue weighted by molar-refractivity contribution is 0.0950. The average Bonchev–Trinajstić information content (AvgIpc) is 2.64. The van der Waals surface area contributed by atoms with Crippen LogP contribution >= 0.6 is 11.8 Å². The fourth-order valence-corrected chi connectivity index (χ4v) is 2.05. The number of rotatable bonds is 7. The Morgan fingerprint density at radius 3 is 2.94 bits per heavy atom. The van der Waals surface area contributed by atoms with Crippen LogP contribution in [0.25, 0.3) is 0 Å². The van der Waals surface area contributed by atoms with Crippen LogP contribution in [0.3, 0.4) is 0 Å². The van der Waals surface area contributed by atoms with Gasteiger partial charge in [-0.15, -0.1) is 0 Å². The molecule has 0 atom stereocenters. The summed E-state index contributed by atoms with van der Waals surface area (Å²) in [6, 6.07) is 1.77. The van der Waals surface area contributed by atoms with Crippen molar-refractivity contribution in [2.75, 3.05) is 24.7 Å². The van der Waals surface area contributed by atoms with E-state index in [4.69, 9.17) is 5.11 Å². The lowest BCUT2D eigenvalue weighted by Gasteiger charge is -2.02. The SMILES string of the molecule is Cc1cc(C(=O)NCCSCCCO)nn1C. The molecule has 1 heterocycles. The molecule has 0 aliphatic heterocycles. The van der Waals surface area contributed by atoms with Gasteiger partial charge in [-0.3, -0.25) is 9.48 Å². The highest BCUT2D eigenvalue weighted by molar-refractivity contribution is 7.99. The van der Waals surface area contributed by atoms with Crippen LogP contribution in [0.5, 0.6) is 0 Å². The van der Waals surface area contributed by atoms with Crippen molar-refractivity contribution in [1.82, 2.24) is 15.1 Å². The third kappa shape index (κ3) is 4.79. The Labute approximate surface area is 106 Å². The number of hydrogen-bond donors (Lipinski definition) is 2. The van der Waals surface area contributed by atoms with E-state index in [1.807, 2.05) is 14.0 Å². The zero-order valence-corrected chi connectivity index (χ0v) is 11.1. The van der Waals surface area contributed by atoms with Crippen LogP contribution in [-0.4, -0.2) is 45.5 Å². The summed E-state index contributed by atoms with van der Waals surface area (Å²) in [6.07, 6.45) is 0.804. The molecular weight excluding hydrogens is 238 g/mol. The van der Waals surface area contributed by atoms with E-state index in [1.165, 1.54) is 0 Å². The maximum atomic E-state index is 11.7. The third-order valence-electron chi connectivity index (χ3n) is 2.33. The molecule has 0 radical (unpaired) electrons. The number of hydrogen-bond acceptors (Lipinski definition) is 4. The van der Waals surface area contributed by atoms with Crippen molar-refractivity contribution in [2.24, 2.45) is 7.05 Å². The first-order chi connectivity index (χ1) is 8.15. The van der Waals surface area contributed by atoms with Gasteiger partial charge in [-0.1, -0.05) is 0 Å². The molecule has 0 saturated heterocycles. The van der Waals surface area contributed by atoms with E-state index in [0.717, 1.165) is 23.6 Å². The molecule has 0 spiro atoms. The minimum absolute atomic E-state index is 0.128. The molecule has 0 aliphatic rings. The zero-order chi connectivity index (χ0) is 12.7. The highest BCUT2D eigenvalue weighted by Crippen LogP contribution is 2.02. The van der Waals surface area contributed by atoms with Crippen LogP contribution in [0.4, 0.5) is 0 Å². The van der Waals surface area contributed by atoms with Gasteiger partial charge in [0.15, 0.2) is 0 Å². The highest BCUT2D eigenvalue weighted by Gasteiger charge is 2.09. The summed E-state index contributed by atoms with van der Waals surface area (Å²) in [5, 5.41) is 15.5. The van der Waals surface area contributed by atoms with Crippen molar-refractivity contribution in [3.05, 3.63) is 17.5 Å². The summed E-state index contributed by atoms with van der Waals surface area (Å²) in [5.41, 5.74) is 1.43. The number of aryl methyl sites for hydroxylation is 2. The number of aliphatic hydroxyl groups excluding tert-OH is 1. The molecule has 5 nitrogen and oxygen atoms in total. The van der Waals surface area contributed by atoms with Gasteiger partial charge in [-0.2, -0.15) is 16.9 Å². The smallest absolute Gasteiger partial charge is 0.271 e. The maximum absolute atomic E-state index is 11.7. The second kappa shape index (κ2) is 7.34. The molecule has 0 fully saturated rings. The summed E-state index contributed by atoms with van der Waals surface area (Å²) < 4.78 is 1.69. The largest absolute Gasteiger partial charge is 0.396 e. The Morgan fingerprint density at radius 2 is 2.35 bits per heavy atom. The Bertz CT molecular complexity index is 346. The Morgan fingerprint density at radius 1 is 1.59 bits per heavy atom. The van der Waals surface area contributed by atoms with Crippen LogP contribution < -0.4 is 5.32 Å². The zero-order valence-electron chi connectivity index (χ0n) is 10.3. The molecular formula is C11H19N3O2S. The van der Waals surface area contributed by atoms with Gasteiger partial charge in [0.25, 0.3) is 5.91 Å². The van der Waals surface area contributed by atoms with E-state index >= 15 is 0 Å². The van der Waals surface area contributed by atoms with Crippen LogP contribution in [0.15, 0.2) is 6.07 Å². The van der Waals surface area contributed by atoms with Gasteiger partial charge < -0.3 is 10.4 Å². The molecule has 1 aromatic rings. The summed E-state index contributed by atoms with van der Waals surface area (Å²) >= 11 is 1.72. The van der Waals surface area contributed by atoms with Crippen molar-refractivity contribution in [1.29, 1.82) is 0 Å². The lowest BCUT2D eigenvalue weighted by Crippen LogP contribution is -2.26. The number of nitrogens with one attached hydrogen (secondary N) is 1. The van der Waals surface area contributed by atoms with Crippen molar-refractivity contribution in [3.63, 3.8) is 0 Å². The lowest BCUT2D eigenvalue weighted by atomic mass is 10.3. The molecule has 2 N–H and O–H groups in total. The maximum Gasteiger partial charge on any atom is 0.271 e. The number of aromatic nitrogens is 2. The minimum Gasteiger partial charge on any atom is -0.396 e. The standard InChI is InChI=1S/C11H19N3O2S/c1-9-8-10(13-14(9)2)11(16)12-4-7-17-6-3-5-15/h8,15H,3-7H2,1-2H3,(H,12,16). The number of nitrogens with zero attached hydrogens (tertiary/aromatic N) is 2. The first kappa shape index (κ1) is 14.1. The quantitative estimate of drug-likeness (QED) is 0.701. The molecule has 17 heavy (non-hydrogen) atoms. The summed E-state index contributed by atoms with van der Waals surface area (Å²) in [6.45, 7) is 2.77. The fourth-order valence-electron chi connectivity index (χ4n) is 1.27. The molecule has 1 aromatic heterocycles. The van der Waals surface area contributed by atoms with Gasteiger partial charge in [0.1, 0.15) is 5.69 Å². The van der Waals surface area contributed by atoms with Gasteiger partial charge in [-0.25, -0.2) is 0 Å². The monoisotopic (exact) mass is 257 g/mol. The number of carbonyl (C=O) groups is 1. The van der Waals surface area contributed by atoms with E-state index in [9.17, 15) is 4.79 Å². The summed E-state index contributed by atoms with van der Waals surface area (Å²) in [5.74, 6) is 1.66. The molecule has 96 valence electrons. The van der Waals surface area contributed by atoms with E-state index in [-0.39, 0.29) is 12.5 Å². The Kier molecular flexibility index (Phi) is 6.07. The molecule has 0 saturated carbocycles. The molecule has 1 rings (SSSR count). The van der Waals surface area contributed by atoms with Gasteiger partial charge >= 0.3 is 0 Å². The van der Waals surface area contributed by atoms with Crippen LogP contribution in [0.2, 0.25) is 0 Å². The fraction of sp³-hybridized carbons (Fsp3) is 0.636. The predicted octanol–water partition coefficient (Wildman–Crippen LogP) is 0.574. The molecule has 0 unspecified atom stereocenters. The minimum atomic E-state index is -0.128. The average molecular weight is 257 g/mol. The first-order valence-electron chi connectivity index (χ1n) is 5.62. The molecule has 1 amide bonds. The van der Waals surface area contributed by atoms with Gasteiger partial charge in [-0.05, 0) is 25.2 Å². The molecule has 0 aromatic carbocycles. The van der Waals surface area contributed by atoms with Crippen molar-refractivity contribution >= 4 is 17.7 Å². The Balaban J connectivity index is 2.21. The van der Waals surface area contributed by atoms with Crippen molar-refractivity contribution in [3.8, 4) is 0 Å². The van der Waals surface area contributed by atoms with E-state index < -0.39 is 0 Å². The topological polar surface area (TPSA) is 67.2 Å². The predicted molar refractivity (Wildman–Crippen MR) is 69.3 cm³/mol. The van der Waals surface area contributed by atoms with E-state index in [0.29, 0.717) is 12.2 Å². The molecule has 6 heteroatoms. The summed E-state index contributed by atoms with van der Waals surface area (Å²) in [4.78, 5) is 11.7. The van der Waals surface area contributed by atoms with Crippen molar-refractivity contribution < 1.29 is 9.90 Å². The van der Waals surface area contributed by atoms with Gasteiger partial charge in [0.05, 0.1) is 0 Å². The first-order valence-corrected chi connectivity index (χ1v) is 6.78. The Hall–Kier alpha value is -1.01. The van der Waals surface area contributed by atoms with Crippen LogP contribution in [0.1, 0.15) is 22.6 Å². The number of carbonyl (C=O) groups excluding carboxylic acids is 1. The number of aliphatic hydroxyl groups is 1. The normalized spacial score (nSPS) is 10.5. The second-order valence-corrected chi connectivity index (χ2v) is 4.96. The van der Waals surface area contributed by atoms with Crippen molar-refractivity contribution in [2.45, 2.75) is 13.3 Å². The van der Waals surface area contributed by atoms with Gasteiger partial charge in [0.2, 0.25) is 0 Å². The third-order valence-corrected chi connectivity index (χ3v) is 3.40. The molecule has 0 aliphatic carbocycles. The van der Waals surface area contributed by atoms with Crippen LogP contribution in [0, 0.1) is 6.92 Å². The van der Waals surface area contributed by atoms with E-state index in [2.05, 4.69) is 10.4 Å². The highest BCUT2D eigenvalue weighted by atomic mass is 32.2. The number of amides is 1. The van der Waals surface area contributed by atoms with Gasteiger partial charge in [0, 0.05) is 31.6 Å². The molecule has 0 bridgehead atoms. The van der Waals surface area contributed by atoms with E-state index in [1.54, 1.807) is 22.5 Å². The second-order valence-electron chi connectivity index (χ2n) is 3.74. The number of thioether (sulfide) groups is 1. The van der Waals surface area contributed by atoms with Crippen LogP contribution in [-0.2, 0) is 7.05 Å². The summed E-state index contributed by atoms with van der Waals surface area (Å²) in [7, 11) is 1.82.